The molecule has 22 heavy (non-hydrogen) atoms. The summed E-state index contributed by atoms with van der Waals surface area (Å²) in [5, 5.41) is 7.04. The van der Waals surface area contributed by atoms with Gasteiger partial charge in [-0.3, -0.25) is 0 Å². The van der Waals surface area contributed by atoms with Gasteiger partial charge < -0.3 is 15.4 Å². The number of rotatable bonds is 6. The van der Waals surface area contributed by atoms with Crippen LogP contribution in [0.25, 0.3) is 0 Å². The van der Waals surface area contributed by atoms with Crippen molar-refractivity contribution in [1.82, 2.24) is 10.6 Å². The topological polar surface area (TPSA) is 50.4 Å². The molecule has 0 aliphatic rings. The van der Waals surface area contributed by atoms with Crippen molar-refractivity contribution in [3.63, 3.8) is 0 Å². The Morgan fingerprint density at radius 2 is 1.95 bits per heavy atom. The molecule has 2 N–H and O–H groups in total. The van der Waals surface area contributed by atoms with E-state index in [0.29, 0.717) is 6.54 Å². The number of carbonyl (C=O) groups excluding carboxylic acids is 1. The Bertz CT molecular complexity index is 486. The number of nitrogens with one attached hydrogen (secondary N) is 2. The Morgan fingerprint density at radius 1 is 1.32 bits per heavy atom. The standard InChI is InChI=1S/C17H27ClN2O2/c1-6-13(11-19-16(21)22-17(3,4)5)20-12(2)14-9-7-8-10-15(14)18/h7-10,12-13,20H,6,11H2,1-5H3,(H,19,21). The van der Waals surface area contributed by atoms with Crippen LogP contribution in [0.5, 0.6) is 0 Å². The molecule has 5 heteroatoms. The average molecular weight is 327 g/mol. The van der Waals surface area contributed by atoms with Crippen LogP contribution < -0.4 is 10.6 Å². The Hall–Kier alpha value is -1.26. The van der Waals surface area contributed by atoms with E-state index < -0.39 is 11.7 Å². The zero-order chi connectivity index (χ0) is 16.8. The summed E-state index contributed by atoms with van der Waals surface area (Å²) >= 11 is 6.22. The molecule has 1 aromatic carbocycles. The number of hydrogen-bond acceptors (Lipinski definition) is 3. The Kier molecular flexibility index (Phi) is 7.17. The maximum atomic E-state index is 11.7. The van der Waals surface area contributed by atoms with Crippen LogP contribution in [0.2, 0.25) is 5.02 Å². The van der Waals surface area contributed by atoms with E-state index in [4.69, 9.17) is 16.3 Å². The fourth-order valence-corrected chi connectivity index (χ4v) is 2.41. The van der Waals surface area contributed by atoms with Gasteiger partial charge in [0.1, 0.15) is 5.60 Å². The molecule has 0 saturated heterocycles. The molecule has 0 bridgehead atoms. The van der Waals surface area contributed by atoms with E-state index >= 15 is 0 Å². The molecule has 1 aromatic rings. The van der Waals surface area contributed by atoms with Crippen molar-refractivity contribution >= 4 is 17.7 Å². The molecular weight excluding hydrogens is 300 g/mol. The summed E-state index contributed by atoms with van der Waals surface area (Å²) in [5.74, 6) is 0. The van der Waals surface area contributed by atoms with E-state index in [1.807, 2.05) is 45.0 Å². The summed E-state index contributed by atoms with van der Waals surface area (Å²) in [7, 11) is 0. The van der Waals surface area contributed by atoms with Crippen molar-refractivity contribution in [2.24, 2.45) is 0 Å². The van der Waals surface area contributed by atoms with Gasteiger partial charge in [0.2, 0.25) is 0 Å². The minimum atomic E-state index is -0.482. The first-order valence-corrected chi connectivity index (χ1v) is 8.08. The van der Waals surface area contributed by atoms with Crippen LogP contribution in [-0.4, -0.2) is 24.3 Å². The first kappa shape index (κ1) is 18.8. The molecule has 0 heterocycles. The average Bonchev–Trinajstić information content (AvgIpc) is 2.41. The van der Waals surface area contributed by atoms with Gasteiger partial charge in [-0.25, -0.2) is 4.79 Å². The van der Waals surface area contributed by atoms with E-state index in [1.54, 1.807) is 0 Å². The Morgan fingerprint density at radius 3 is 2.50 bits per heavy atom. The molecule has 0 radical (unpaired) electrons. The number of halogens is 1. The third-order valence-electron chi connectivity index (χ3n) is 3.24. The molecule has 0 fully saturated rings. The number of alkyl carbamates (subject to hydrolysis) is 1. The first-order chi connectivity index (χ1) is 10.2. The fourth-order valence-electron chi connectivity index (χ4n) is 2.11. The Labute approximate surface area is 138 Å². The zero-order valence-corrected chi connectivity index (χ0v) is 14.8. The molecule has 0 saturated carbocycles. The molecule has 0 aromatic heterocycles. The predicted molar refractivity (Wildman–Crippen MR) is 91.3 cm³/mol. The van der Waals surface area contributed by atoms with Gasteiger partial charge in [-0.1, -0.05) is 36.7 Å². The van der Waals surface area contributed by atoms with Crippen LogP contribution in [0, 0.1) is 0 Å². The lowest BCUT2D eigenvalue weighted by Crippen LogP contribution is -2.43. The second-order valence-corrected chi connectivity index (χ2v) is 6.81. The monoisotopic (exact) mass is 326 g/mol. The maximum Gasteiger partial charge on any atom is 0.407 e. The van der Waals surface area contributed by atoms with E-state index in [2.05, 4.69) is 24.5 Å². The number of hydrogen-bond donors (Lipinski definition) is 2. The van der Waals surface area contributed by atoms with E-state index in [9.17, 15) is 4.79 Å². The molecule has 4 nitrogen and oxygen atoms in total. The van der Waals surface area contributed by atoms with E-state index in [-0.39, 0.29) is 12.1 Å². The van der Waals surface area contributed by atoms with Crippen LogP contribution in [0.15, 0.2) is 24.3 Å². The molecule has 2 atom stereocenters. The fraction of sp³-hybridized carbons (Fsp3) is 0.588. The van der Waals surface area contributed by atoms with Gasteiger partial charge in [0, 0.05) is 23.7 Å². The smallest absolute Gasteiger partial charge is 0.407 e. The van der Waals surface area contributed by atoms with Crippen LogP contribution in [0.3, 0.4) is 0 Å². The zero-order valence-electron chi connectivity index (χ0n) is 14.1. The highest BCUT2D eigenvalue weighted by Gasteiger charge is 2.18. The van der Waals surface area contributed by atoms with Gasteiger partial charge in [0.25, 0.3) is 0 Å². The lowest BCUT2D eigenvalue weighted by atomic mass is 10.1. The third-order valence-corrected chi connectivity index (χ3v) is 3.59. The SMILES string of the molecule is CCC(CNC(=O)OC(C)(C)C)NC(C)c1ccccc1Cl. The van der Waals surface area contributed by atoms with Gasteiger partial charge in [-0.2, -0.15) is 0 Å². The van der Waals surface area contributed by atoms with Crippen LogP contribution >= 0.6 is 11.6 Å². The molecule has 0 aliphatic heterocycles. The molecule has 0 aliphatic carbocycles. The second-order valence-electron chi connectivity index (χ2n) is 6.40. The second kappa shape index (κ2) is 8.39. The molecule has 2 unspecified atom stereocenters. The predicted octanol–water partition coefficient (Wildman–Crippen LogP) is 4.29. The highest BCUT2D eigenvalue weighted by molar-refractivity contribution is 6.31. The minimum absolute atomic E-state index is 0.110. The quantitative estimate of drug-likeness (QED) is 0.819. The van der Waals surface area contributed by atoms with Crippen molar-refractivity contribution in [3.05, 3.63) is 34.9 Å². The minimum Gasteiger partial charge on any atom is -0.444 e. The van der Waals surface area contributed by atoms with Gasteiger partial charge in [-0.15, -0.1) is 0 Å². The van der Waals surface area contributed by atoms with Gasteiger partial charge in [-0.05, 0) is 45.7 Å². The van der Waals surface area contributed by atoms with E-state index in [0.717, 1.165) is 17.0 Å². The number of ether oxygens (including phenoxy) is 1. The van der Waals surface area contributed by atoms with Crippen LogP contribution in [0.4, 0.5) is 4.79 Å². The van der Waals surface area contributed by atoms with Crippen LogP contribution in [0.1, 0.15) is 52.6 Å². The Balaban J connectivity index is 2.52. The largest absolute Gasteiger partial charge is 0.444 e. The normalized spacial score (nSPS) is 14.3. The van der Waals surface area contributed by atoms with Crippen molar-refractivity contribution in [2.45, 2.75) is 58.7 Å². The summed E-state index contributed by atoms with van der Waals surface area (Å²) in [4.78, 5) is 11.7. The highest BCUT2D eigenvalue weighted by Crippen LogP contribution is 2.22. The molecule has 0 spiro atoms. The molecule has 1 rings (SSSR count). The summed E-state index contributed by atoms with van der Waals surface area (Å²) in [6.07, 6.45) is 0.503. The summed E-state index contributed by atoms with van der Waals surface area (Å²) in [6.45, 7) is 10.2. The third kappa shape index (κ3) is 6.67. The van der Waals surface area contributed by atoms with Crippen molar-refractivity contribution < 1.29 is 9.53 Å². The number of carbonyl (C=O) groups is 1. The van der Waals surface area contributed by atoms with Gasteiger partial charge in [0.05, 0.1) is 0 Å². The molecule has 1 amide bonds. The molecular formula is C17H27ClN2O2. The number of amides is 1. The van der Waals surface area contributed by atoms with Crippen LogP contribution in [-0.2, 0) is 4.74 Å². The first-order valence-electron chi connectivity index (χ1n) is 7.70. The van der Waals surface area contributed by atoms with Crippen molar-refractivity contribution in [3.8, 4) is 0 Å². The van der Waals surface area contributed by atoms with Gasteiger partial charge >= 0.3 is 6.09 Å². The highest BCUT2D eigenvalue weighted by atomic mass is 35.5. The lowest BCUT2D eigenvalue weighted by Gasteiger charge is -2.25. The molecule has 124 valence electrons. The lowest BCUT2D eigenvalue weighted by molar-refractivity contribution is 0.0521. The van der Waals surface area contributed by atoms with Crippen molar-refractivity contribution in [2.75, 3.05) is 6.54 Å². The van der Waals surface area contributed by atoms with Gasteiger partial charge in [0.15, 0.2) is 0 Å². The maximum absolute atomic E-state index is 11.7. The van der Waals surface area contributed by atoms with E-state index in [1.165, 1.54) is 0 Å². The summed E-state index contributed by atoms with van der Waals surface area (Å²) in [5.41, 5.74) is 0.573. The number of benzene rings is 1. The van der Waals surface area contributed by atoms with Crippen molar-refractivity contribution in [1.29, 1.82) is 0 Å². The summed E-state index contributed by atoms with van der Waals surface area (Å²) in [6, 6.07) is 8.04. The summed E-state index contributed by atoms with van der Waals surface area (Å²) < 4.78 is 5.24.